The third kappa shape index (κ3) is 10.9. The molecule has 2 nitrogen and oxygen atoms in total. The Morgan fingerprint density at radius 2 is 1.50 bits per heavy atom. The van der Waals surface area contributed by atoms with E-state index >= 15 is 0 Å². The average molecular weight is 270 g/mol. The van der Waals surface area contributed by atoms with Crippen LogP contribution in [0.3, 0.4) is 0 Å². The van der Waals surface area contributed by atoms with Crippen LogP contribution >= 0.6 is 12.6 Å². The Morgan fingerprint density at radius 1 is 0.944 bits per heavy atom. The van der Waals surface area contributed by atoms with Gasteiger partial charge in [0.2, 0.25) is 0 Å². The van der Waals surface area contributed by atoms with Crippen molar-refractivity contribution in [3.05, 3.63) is 0 Å². The van der Waals surface area contributed by atoms with E-state index in [1.165, 1.54) is 44.9 Å². The molecule has 18 heavy (non-hydrogen) atoms. The summed E-state index contributed by atoms with van der Waals surface area (Å²) < 4.78 is 0. The first-order chi connectivity index (χ1) is 8.72. The van der Waals surface area contributed by atoms with Crippen LogP contribution in [0.25, 0.3) is 0 Å². The third-order valence-corrected chi connectivity index (χ3v) is 3.66. The summed E-state index contributed by atoms with van der Waals surface area (Å²) in [7, 11) is 0. The van der Waals surface area contributed by atoms with E-state index in [1.54, 1.807) is 0 Å². The largest absolute Gasteiger partial charge is 0.300 e. The first-order valence-corrected chi connectivity index (χ1v) is 8.07. The molecule has 0 aliphatic heterocycles. The van der Waals surface area contributed by atoms with Gasteiger partial charge in [-0.05, 0) is 39.0 Å². The first-order valence-electron chi connectivity index (χ1n) is 7.44. The molecule has 0 atom stereocenters. The van der Waals surface area contributed by atoms with E-state index in [1.807, 2.05) is 0 Å². The molecule has 3 heteroatoms. The molecular weight excluding hydrogens is 240 g/mol. The second-order valence-corrected chi connectivity index (χ2v) is 5.68. The van der Waals surface area contributed by atoms with Crippen LogP contribution in [-0.4, -0.2) is 29.8 Å². The summed E-state index contributed by atoms with van der Waals surface area (Å²) in [6, 6.07) is 2.80. The van der Waals surface area contributed by atoms with Gasteiger partial charge in [0.25, 0.3) is 0 Å². The van der Waals surface area contributed by atoms with Gasteiger partial charge in [0.1, 0.15) is 0 Å². The minimum absolute atomic E-state index is 0.564. The Hall–Kier alpha value is -0.200. The normalized spacial score (nSPS) is 11.1. The number of hydrogen-bond acceptors (Lipinski definition) is 3. The van der Waals surface area contributed by atoms with E-state index in [0.717, 1.165) is 18.8 Å². The molecule has 0 radical (unpaired) electrons. The number of nitrogens with zero attached hydrogens (tertiary/aromatic N) is 2. The molecule has 0 amide bonds. The highest BCUT2D eigenvalue weighted by atomic mass is 32.1. The van der Waals surface area contributed by atoms with Gasteiger partial charge >= 0.3 is 0 Å². The lowest BCUT2D eigenvalue weighted by Gasteiger charge is -2.25. The van der Waals surface area contributed by atoms with Gasteiger partial charge in [0.15, 0.2) is 0 Å². The van der Waals surface area contributed by atoms with E-state index < -0.39 is 0 Å². The fourth-order valence-corrected chi connectivity index (χ4v) is 2.36. The fraction of sp³-hybridized carbons (Fsp3) is 0.933. The quantitative estimate of drug-likeness (QED) is 0.423. The number of unbranched alkanes of at least 4 members (excludes halogenated alkanes) is 6. The van der Waals surface area contributed by atoms with Crippen LogP contribution in [0, 0.1) is 11.3 Å². The van der Waals surface area contributed by atoms with Gasteiger partial charge < -0.3 is 0 Å². The number of rotatable bonds is 12. The van der Waals surface area contributed by atoms with Gasteiger partial charge in [-0.2, -0.15) is 17.9 Å². The summed E-state index contributed by atoms with van der Waals surface area (Å²) in [5.41, 5.74) is 0. The summed E-state index contributed by atoms with van der Waals surface area (Å²) >= 11 is 4.22. The zero-order chi connectivity index (χ0) is 13.6. The minimum Gasteiger partial charge on any atom is -0.300 e. The van der Waals surface area contributed by atoms with Crippen molar-refractivity contribution in [2.24, 2.45) is 0 Å². The molecule has 0 heterocycles. The highest BCUT2D eigenvalue weighted by molar-refractivity contribution is 7.80. The van der Waals surface area contributed by atoms with Gasteiger partial charge in [-0.25, -0.2) is 0 Å². The van der Waals surface area contributed by atoms with E-state index in [9.17, 15) is 0 Å². The maximum atomic E-state index is 8.63. The molecule has 0 bridgehead atoms. The van der Waals surface area contributed by atoms with Crippen LogP contribution in [0.4, 0.5) is 0 Å². The van der Waals surface area contributed by atoms with E-state index in [2.05, 4.69) is 37.4 Å². The van der Waals surface area contributed by atoms with Crippen LogP contribution in [0.15, 0.2) is 0 Å². The monoisotopic (exact) mass is 270 g/mol. The number of nitriles is 1. The van der Waals surface area contributed by atoms with Crippen molar-refractivity contribution in [1.82, 2.24) is 4.90 Å². The molecule has 0 aromatic rings. The summed E-state index contributed by atoms with van der Waals surface area (Å²) in [5.74, 6) is 1.03. The summed E-state index contributed by atoms with van der Waals surface area (Å²) in [6.07, 6.45) is 9.95. The van der Waals surface area contributed by atoms with Crippen molar-refractivity contribution in [2.45, 2.75) is 71.3 Å². The Morgan fingerprint density at radius 3 is 2.00 bits per heavy atom. The second-order valence-electron chi connectivity index (χ2n) is 5.24. The SMILES string of the molecule is CC(C)N(CCC#N)CCCCCCCCCS. The smallest absolute Gasteiger partial charge is 0.0635 e. The van der Waals surface area contributed by atoms with Gasteiger partial charge in [-0.15, -0.1) is 0 Å². The standard InChI is InChI=1S/C15H30N2S/c1-15(2)17(13-10-11-16)12-8-6-4-3-5-7-9-14-18/h15,18H,3-10,12-14H2,1-2H3. The lowest BCUT2D eigenvalue weighted by Crippen LogP contribution is -2.32. The van der Waals surface area contributed by atoms with Crippen LogP contribution in [0.1, 0.15) is 65.2 Å². The molecule has 0 aromatic carbocycles. The molecule has 0 aliphatic carbocycles. The van der Waals surface area contributed by atoms with Crippen molar-refractivity contribution in [2.75, 3.05) is 18.8 Å². The Balaban J connectivity index is 3.41. The Kier molecular flexibility index (Phi) is 13.1. The first kappa shape index (κ1) is 17.8. The van der Waals surface area contributed by atoms with Crippen molar-refractivity contribution < 1.29 is 0 Å². The lowest BCUT2D eigenvalue weighted by atomic mass is 10.1. The fourth-order valence-electron chi connectivity index (χ4n) is 2.13. The average Bonchev–Trinajstić information content (AvgIpc) is 2.35. The van der Waals surface area contributed by atoms with Crippen molar-refractivity contribution in [3.8, 4) is 6.07 Å². The zero-order valence-electron chi connectivity index (χ0n) is 12.2. The second kappa shape index (κ2) is 13.2. The van der Waals surface area contributed by atoms with Gasteiger partial charge in [0, 0.05) is 19.0 Å². The molecule has 0 fully saturated rings. The minimum atomic E-state index is 0.564. The molecule has 0 aliphatic rings. The van der Waals surface area contributed by atoms with Gasteiger partial charge in [-0.1, -0.05) is 32.1 Å². The lowest BCUT2D eigenvalue weighted by molar-refractivity contribution is 0.221. The Labute approximate surface area is 119 Å². The molecule has 0 saturated carbocycles. The molecule has 0 aromatic heterocycles. The third-order valence-electron chi connectivity index (χ3n) is 3.34. The Bertz CT molecular complexity index is 211. The predicted molar refractivity (Wildman–Crippen MR) is 83.1 cm³/mol. The molecule has 106 valence electrons. The molecule has 0 unspecified atom stereocenters. The highest BCUT2D eigenvalue weighted by Crippen LogP contribution is 2.09. The topological polar surface area (TPSA) is 27.0 Å². The zero-order valence-corrected chi connectivity index (χ0v) is 13.1. The van der Waals surface area contributed by atoms with Crippen LogP contribution in [-0.2, 0) is 0 Å². The predicted octanol–water partition coefficient (Wildman–Crippen LogP) is 4.27. The summed E-state index contributed by atoms with van der Waals surface area (Å²) in [5, 5.41) is 8.63. The molecule has 0 spiro atoms. The number of thiol groups is 1. The maximum Gasteiger partial charge on any atom is 0.0635 e. The molecular formula is C15H30N2S. The van der Waals surface area contributed by atoms with Crippen LogP contribution in [0.2, 0.25) is 0 Å². The van der Waals surface area contributed by atoms with Crippen LogP contribution < -0.4 is 0 Å². The van der Waals surface area contributed by atoms with Crippen LogP contribution in [0.5, 0.6) is 0 Å². The molecule has 0 saturated heterocycles. The summed E-state index contributed by atoms with van der Waals surface area (Å²) in [4.78, 5) is 2.42. The van der Waals surface area contributed by atoms with Crippen molar-refractivity contribution in [1.29, 1.82) is 5.26 Å². The van der Waals surface area contributed by atoms with Gasteiger partial charge in [0.05, 0.1) is 6.07 Å². The molecule has 0 rings (SSSR count). The van der Waals surface area contributed by atoms with E-state index in [-0.39, 0.29) is 0 Å². The van der Waals surface area contributed by atoms with E-state index in [0.29, 0.717) is 12.5 Å². The van der Waals surface area contributed by atoms with E-state index in [4.69, 9.17) is 5.26 Å². The maximum absolute atomic E-state index is 8.63. The summed E-state index contributed by atoms with van der Waals surface area (Å²) in [6.45, 7) is 6.51. The van der Waals surface area contributed by atoms with Crippen molar-refractivity contribution in [3.63, 3.8) is 0 Å². The number of hydrogen-bond donors (Lipinski definition) is 1. The van der Waals surface area contributed by atoms with Crippen molar-refractivity contribution >= 4 is 12.6 Å². The molecule has 0 N–H and O–H groups in total. The van der Waals surface area contributed by atoms with Gasteiger partial charge in [-0.3, -0.25) is 4.90 Å². The highest BCUT2D eigenvalue weighted by Gasteiger charge is 2.07.